The average molecular weight is 351 g/mol. The number of hydrogen-bond donors (Lipinski definition) is 1. The third kappa shape index (κ3) is 3.35. The third-order valence-electron chi connectivity index (χ3n) is 3.84. The summed E-state index contributed by atoms with van der Waals surface area (Å²) in [6.45, 7) is 9.13. The smallest absolute Gasteiger partial charge is 0.0738 e. The van der Waals surface area contributed by atoms with Crippen molar-refractivity contribution >= 4 is 15.9 Å². The first-order valence-electron chi connectivity index (χ1n) is 7.31. The Balaban J connectivity index is 2.35. The van der Waals surface area contributed by atoms with Crippen molar-refractivity contribution in [1.29, 1.82) is 0 Å². The molecule has 5 heteroatoms. The van der Waals surface area contributed by atoms with Crippen LogP contribution in [0.2, 0.25) is 0 Å². The van der Waals surface area contributed by atoms with Crippen LogP contribution in [0.25, 0.3) is 0 Å². The summed E-state index contributed by atoms with van der Waals surface area (Å²) in [5.41, 5.74) is 5.66. The lowest BCUT2D eigenvalue weighted by Gasteiger charge is -2.19. The highest BCUT2D eigenvalue weighted by Crippen LogP contribution is 2.27. The summed E-state index contributed by atoms with van der Waals surface area (Å²) in [5, 5.41) is 7.99. The Morgan fingerprint density at radius 2 is 1.95 bits per heavy atom. The molecule has 0 aliphatic rings. The first-order valence-corrected chi connectivity index (χ1v) is 8.10. The molecule has 21 heavy (non-hydrogen) atoms. The first-order chi connectivity index (χ1) is 9.97. The van der Waals surface area contributed by atoms with Crippen molar-refractivity contribution in [1.82, 2.24) is 20.1 Å². The summed E-state index contributed by atoms with van der Waals surface area (Å²) in [4.78, 5) is 4.58. The van der Waals surface area contributed by atoms with E-state index in [-0.39, 0.29) is 6.04 Å². The van der Waals surface area contributed by atoms with Crippen LogP contribution in [-0.4, -0.2) is 21.8 Å². The number of halogens is 1. The number of nitrogens with zero attached hydrogens (tertiary/aromatic N) is 3. The zero-order chi connectivity index (χ0) is 15.6. The van der Waals surface area contributed by atoms with E-state index in [9.17, 15) is 0 Å². The maximum Gasteiger partial charge on any atom is 0.0738 e. The lowest BCUT2D eigenvalue weighted by atomic mass is 10.00. The lowest BCUT2D eigenvalue weighted by molar-refractivity contribution is 0.536. The monoisotopic (exact) mass is 350 g/mol. The fourth-order valence-electron chi connectivity index (χ4n) is 2.69. The molecular formula is C16H23BrN4. The number of pyridine rings is 1. The molecule has 0 fully saturated rings. The molecule has 114 valence electrons. The van der Waals surface area contributed by atoms with Crippen molar-refractivity contribution in [2.45, 2.75) is 46.7 Å². The van der Waals surface area contributed by atoms with E-state index in [4.69, 9.17) is 0 Å². The van der Waals surface area contributed by atoms with Crippen LogP contribution in [-0.2, 0) is 13.0 Å². The van der Waals surface area contributed by atoms with Gasteiger partial charge in [-0.15, -0.1) is 0 Å². The molecule has 2 aromatic rings. The quantitative estimate of drug-likeness (QED) is 0.897. The van der Waals surface area contributed by atoms with Gasteiger partial charge in [0.25, 0.3) is 0 Å². The van der Waals surface area contributed by atoms with Gasteiger partial charge in [-0.25, -0.2) is 0 Å². The van der Waals surface area contributed by atoms with Gasteiger partial charge in [0.15, 0.2) is 0 Å². The van der Waals surface area contributed by atoms with Gasteiger partial charge in [-0.2, -0.15) is 5.10 Å². The Morgan fingerprint density at radius 3 is 2.52 bits per heavy atom. The fourth-order valence-corrected chi connectivity index (χ4v) is 3.14. The van der Waals surface area contributed by atoms with Crippen LogP contribution in [0.4, 0.5) is 0 Å². The third-order valence-corrected chi connectivity index (χ3v) is 4.87. The Morgan fingerprint density at radius 1 is 1.24 bits per heavy atom. The number of aryl methyl sites for hydroxylation is 4. The summed E-state index contributed by atoms with van der Waals surface area (Å²) < 4.78 is 3.18. The van der Waals surface area contributed by atoms with Crippen molar-refractivity contribution in [2.75, 3.05) is 7.05 Å². The van der Waals surface area contributed by atoms with Gasteiger partial charge in [0.05, 0.1) is 15.9 Å². The van der Waals surface area contributed by atoms with E-state index < -0.39 is 0 Å². The SMILES string of the molecule is CCn1nc(C)c(Br)c1CC(NC)c1ccc(C)nc1C. The van der Waals surface area contributed by atoms with E-state index in [0.29, 0.717) is 0 Å². The summed E-state index contributed by atoms with van der Waals surface area (Å²) in [6, 6.07) is 4.48. The van der Waals surface area contributed by atoms with Crippen LogP contribution in [0.1, 0.15) is 41.3 Å². The van der Waals surface area contributed by atoms with Crippen molar-refractivity contribution in [3.8, 4) is 0 Å². The highest BCUT2D eigenvalue weighted by molar-refractivity contribution is 9.10. The van der Waals surface area contributed by atoms with Gasteiger partial charge in [0.2, 0.25) is 0 Å². The zero-order valence-electron chi connectivity index (χ0n) is 13.4. The predicted octanol–water partition coefficient (Wildman–Crippen LogP) is 3.49. The van der Waals surface area contributed by atoms with Crippen LogP contribution in [0.5, 0.6) is 0 Å². The predicted molar refractivity (Wildman–Crippen MR) is 89.6 cm³/mol. The molecule has 4 nitrogen and oxygen atoms in total. The first kappa shape index (κ1) is 16.2. The molecule has 0 bridgehead atoms. The molecule has 0 aliphatic carbocycles. The van der Waals surface area contributed by atoms with E-state index in [2.05, 4.69) is 62.0 Å². The number of rotatable bonds is 5. The minimum absolute atomic E-state index is 0.232. The van der Waals surface area contributed by atoms with Gasteiger partial charge < -0.3 is 5.32 Å². The van der Waals surface area contributed by atoms with Crippen LogP contribution in [0, 0.1) is 20.8 Å². The number of hydrogen-bond acceptors (Lipinski definition) is 3. The average Bonchev–Trinajstić information content (AvgIpc) is 2.72. The van der Waals surface area contributed by atoms with Gasteiger partial charge in [0.1, 0.15) is 0 Å². The summed E-state index contributed by atoms with van der Waals surface area (Å²) >= 11 is 3.68. The normalized spacial score (nSPS) is 12.7. The van der Waals surface area contributed by atoms with Crippen LogP contribution < -0.4 is 5.32 Å². The van der Waals surface area contributed by atoms with Crippen LogP contribution in [0.3, 0.4) is 0 Å². The molecule has 0 radical (unpaired) electrons. The highest BCUT2D eigenvalue weighted by Gasteiger charge is 2.19. The largest absolute Gasteiger partial charge is 0.313 e. The minimum atomic E-state index is 0.232. The molecule has 2 aromatic heterocycles. The molecule has 0 aromatic carbocycles. The number of nitrogens with one attached hydrogen (secondary N) is 1. The molecule has 2 rings (SSSR count). The Kier molecular flexibility index (Phi) is 5.17. The second-order valence-electron chi connectivity index (χ2n) is 5.33. The topological polar surface area (TPSA) is 42.7 Å². The van der Waals surface area contributed by atoms with E-state index in [0.717, 1.165) is 34.5 Å². The van der Waals surface area contributed by atoms with Crippen molar-refractivity contribution in [2.24, 2.45) is 0 Å². The van der Waals surface area contributed by atoms with E-state index >= 15 is 0 Å². The molecule has 1 N–H and O–H groups in total. The summed E-state index contributed by atoms with van der Waals surface area (Å²) in [5.74, 6) is 0. The van der Waals surface area contributed by atoms with Gasteiger partial charge in [-0.1, -0.05) is 6.07 Å². The Labute approximate surface area is 135 Å². The molecule has 0 aliphatic heterocycles. The molecule has 0 saturated heterocycles. The van der Waals surface area contributed by atoms with Gasteiger partial charge in [0, 0.05) is 30.4 Å². The molecular weight excluding hydrogens is 328 g/mol. The lowest BCUT2D eigenvalue weighted by Crippen LogP contribution is -2.22. The second kappa shape index (κ2) is 6.71. The maximum atomic E-state index is 4.58. The standard InChI is InChI=1S/C16H23BrN4/c1-6-21-15(16(17)12(4)20-21)9-14(18-5)13-8-7-10(2)19-11(13)3/h7-8,14,18H,6,9H2,1-5H3. The molecule has 0 amide bonds. The van der Waals surface area contributed by atoms with Crippen molar-refractivity contribution < 1.29 is 0 Å². The molecule has 0 spiro atoms. The van der Waals surface area contributed by atoms with Gasteiger partial charge in [-0.05, 0) is 62.3 Å². The maximum absolute atomic E-state index is 4.58. The fraction of sp³-hybridized carbons (Fsp3) is 0.500. The summed E-state index contributed by atoms with van der Waals surface area (Å²) in [7, 11) is 2.00. The van der Waals surface area contributed by atoms with Gasteiger partial charge >= 0.3 is 0 Å². The number of aromatic nitrogens is 3. The highest BCUT2D eigenvalue weighted by atomic mass is 79.9. The van der Waals surface area contributed by atoms with E-state index in [1.54, 1.807) is 0 Å². The zero-order valence-corrected chi connectivity index (χ0v) is 15.0. The Hall–Kier alpha value is -1.20. The molecule has 0 saturated carbocycles. The molecule has 2 heterocycles. The number of likely N-dealkylation sites (N-methyl/N-ethyl adjacent to an activating group) is 1. The van der Waals surface area contributed by atoms with Gasteiger partial charge in [-0.3, -0.25) is 9.67 Å². The summed E-state index contributed by atoms with van der Waals surface area (Å²) in [6.07, 6.45) is 0.886. The van der Waals surface area contributed by atoms with E-state index in [1.807, 2.05) is 20.9 Å². The molecule has 1 unspecified atom stereocenters. The Bertz CT molecular complexity index is 633. The minimum Gasteiger partial charge on any atom is -0.313 e. The van der Waals surface area contributed by atoms with Crippen molar-refractivity contribution in [3.63, 3.8) is 0 Å². The molecule has 1 atom stereocenters. The second-order valence-corrected chi connectivity index (χ2v) is 6.13. The van der Waals surface area contributed by atoms with Crippen LogP contribution in [0.15, 0.2) is 16.6 Å². The van der Waals surface area contributed by atoms with E-state index in [1.165, 1.54) is 11.3 Å². The van der Waals surface area contributed by atoms with Crippen molar-refractivity contribution in [3.05, 3.63) is 44.9 Å². The van der Waals surface area contributed by atoms with Crippen LogP contribution >= 0.6 is 15.9 Å².